The first kappa shape index (κ1) is 15.9. The van der Waals surface area contributed by atoms with E-state index in [1.807, 2.05) is 19.1 Å². The van der Waals surface area contributed by atoms with E-state index in [9.17, 15) is 8.42 Å². The van der Waals surface area contributed by atoms with Crippen molar-refractivity contribution in [3.8, 4) is 0 Å². The van der Waals surface area contributed by atoms with Crippen molar-refractivity contribution in [1.82, 2.24) is 0 Å². The smallest absolute Gasteiger partial charge is 0.271 e. The summed E-state index contributed by atoms with van der Waals surface area (Å²) in [5.74, 6) is 0. The summed E-state index contributed by atoms with van der Waals surface area (Å²) in [5.41, 5.74) is 1.48. The van der Waals surface area contributed by atoms with Crippen LogP contribution in [0, 0.1) is 6.92 Å². The van der Waals surface area contributed by atoms with Crippen LogP contribution < -0.4 is 10.0 Å². The van der Waals surface area contributed by atoms with E-state index in [1.54, 1.807) is 24.3 Å². The van der Waals surface area contributed by atoms with Crippen LogP contribution in [0.2, 0.25) is 0 Å². The van der Waals surface area contributed by atoms with Crippen LogP contribution in [0.5, 0.6) is 0 Å². The number of sulfonamides is 1. The zero-order chi connectivity index (χ0) is 15.7. The van der Waals surface area contributed by atoms with Crippen LogP contribution in [0.1, 0.15) is 25.6 Å². The second kappa shape index (κ2) is 5.69. The molecule has 0 amide bonds. The molecular weight excluding hydrogens is 304 g/mol. The molecule has 0 aliphatic carbocycles. The standard InChI is InChI=1S/C15H20N2O2S2/c1-11-5-10-14(20-11)21(18,19)17-13-8-6-12(7-9-13)16-15(2,3)4/h5-10,16-17H,1-4H3. The molecule has 0 radical (unpaired) electrons. The van der Waals surface area contributed by atoms with E-state index in [0.717, 1.165) is 10.6 Å². The van der Waals surface area contributed by atoms with E-state index in [-0.39, 0.29) is 5.54 Å². The van der Waals surface area contributed by atoms with Gasteiger partial charge in [0.25, 0.3) is 10.0 Å². The van der Waals surface area contributed by atoms with Crippen molar-refractivity contribution in [1.29, 1.82) is 0 Å². The van der Waals surface area contributed by atoms with Crippen LogP contribution in [0.4, 0.5) is 11.4 Å². The molecule has 0 unspecified atom stereocenters. The third-order valence-corrected chi connectivity index (χ3v) is 5.51. The molecule has 114 valence electrons. The molecule has 1 heterocycles. The molecule has 4 nitrogen and oxygen atoms in total. The second-order valence-electron chi connectivity index (χ2n) is 5.92. The fourth-order valence-electron chi connectivity index (χ4n) is 1.82. The van der Waals surface area contributed by atoms with Crippen molar-refractivity contribution in [3.63, 3.8) is 0 Å². The van der Waals surface area contributed by atoms with Crippen molar-refractivity contribution in [3.05, 3.63) is 41.3 Å². The van der Waals surface area contributed by atoms with Gasteiger partial charge in [-0.2, -0.15) is 0 Å². The maximum atomic E-state index is 12.2. The Bertz CT molecular complexity index is 711. The van der Waals surface area contributed by atoms with E-state index in [0.29, 0.717) is 9.90 Å². The van der Waals surface area contributed by atoms with Gasteiger partial charge in [-0.05, 0) is 64.1 Å². The minimum absolute atomic E-state index is 0.0322. The molecule has 0 aliphatic rings. The molecule has 1 aromatic carbocycles. The highest BCUT2D eigenvalue weighted by atomic mass is 32.2. The molecule has 0 spiro atoms. The molecular formula is C15H20N2O2S2. The van der Waals surface area contributed by atoms with Crippen LogP contribution in [-0.4, -0.2) is 14.0 Å². The average molecular weight is 324 g/mol. The Hall–Kier alpha value is -1.53. The van der Waals surface area contributed by atoms with E-state index in [2.05, 4.69) is 30.8 Å². The van der Waals surface area contributed by atoms with Crippen LogP contribution in [-0.2, 0) is 10.0 Å². The van der Waals surface area contributed by atoms with Gasteiger partial charge in [-0.3, -0.25) is 4.72 Å². The Morgan fingerprint density at radius 1 is 0.952 bits per heavy atom. The van der Waals surface area contributed by atoms with Crippen LogP contribution in [0.25, 0.3) is 0 Å². The van der Waals surface area contributed by atoms with E-state index in [4.69, 9.17) is 0 Å². The summed E-state index contributed by atoms with van der Waals surface area (Å²) < 4.78 is 27.3. The molecule has 0 aliphatic heterocycles. The van der Waals surface area contributed by atoms with Gasteiger partial charge in [0.05, 0.1) is 0 Å². The highest BCUT2D eigenvalue weighted by Gasteiger charge is 2.16. The van der Waals surface area contributed by atoms with Crippen molar-refractivity contribution in [2.45, 2.75) is 37.4 Å². The maximum Gasteiger partial charge on any atom is 0.271 e. The first-order valence-corrected chi connectivity index (χ1v) is 8.93. The van der Waals surface area contributed by atoms with Gasteiger partial charge in [0.1, 0.15) is 4.21 Å². The summed E-state index contributed by atoms with van der Waals surface area (Å²) in [6.07, 6.45) is 0. The van der Waals surface area contributed by atoms with Crippen LogP contribution in [0.3, 0.4) is 0 Å². The first-order valence-electron chi connectivity index (χ1n) is 6.63. The van der Waals surface area contributed by atoms with Gasteiger partial charge in [0.2, 0.25) is 0 Å². The lowest BCUT2D eigenvalue weighted by atomic mass is 10.1. The summed E-state index contributed by atoms with van der Waals surface area (Å²) in [7, 11) is -3.49. The average Bonchev–Trinajstić information content (AvgIpc) is 2.77. The molecule has 0 bridgehead atoms. The van der Waals surface area contributed by atoms with E-state index >= 15 is 0 Å². The summed E-state index contributed by atoms with van der Waals surface area (Å²) in [6, 6.07) is 10.7. The van der Waals surface area contributed by atoms with Gasteiger partial charge in [0.15, 0.2) is 0 Å². The van der Waals surface area contributed by atoms with Gasteiger partial charge in [-0.1, -0.05) is 0 Å². The minimum Gasteiger partial charge on any atom is -0.380 e. The summed E-state index contributed by atoms with van der Waals surface area (Å²) in [4.78, 5) is 0.972. The zero-order valence-corrected chi connectivity index (χ0v) is 14.2. The van der Waals surface area contributed by atoms with Crippen molar-refractivity contribution < 1.29 is 8.42 Å². The number of benzene rings is 1. The first-order chi connectivity index (χ1) is 9.66. The molecule has 0 atom stereocenters. The highest BCUT2D eigenvalue weighted by molar-refractivity contribution is 7.94. The Kier molecular flexibility index (Phi) is 4.30. The third kappa shape index (κ3) is 4.47. The number of anilines is 2. The zero-order valence-electron chi connectivity index (χ0n) is 12.6. The molecule has 2 rings (SSSR count). The fraction of sp³-hybridized carbons (Fsp3) is 0.333. The van der Waals surface area contributed by atoms with Crippen LogP contribution in [0.15, 0.2) is 40.6 Å². The molecule has 0 saturated carbocycles. The van der Waals surface area contributed by atoms with Crippen molar-refractivity contribution in [2.75, 3.05) is 10.0 Å². The number of rotatable bonds is 4. The number of hydrogen-bond acceptors (Lipinski definition) is 4. The van der Waals surface area contributed by atoms with Crippen molar-refractivity contribution in [2.24, 2.45) is 0 Å². The lowest BCUT2D eigenvalue weighted by Gasteiger charge is -2.22. The van der Waals surface area contributed by atoms with Gasteiger partial charge in [-0.15, -0.1) is 11.3 Å². The summed E-state index contributed by atoms with van der Waals surface area (Å²) in [6.45, 7) is 8.10. The normalized spacial score (nSPS) is 12.2. The second-order valence-corrected chi connectivity index (χ2v) is 9.12. The molecule has 2 aromatic rings. The molecule has 2 N–H and O–H groups in total. The maximum absolute atomic E-state index is 12.2. The van der Waals surface area contributed by atoms with Crippen molar-refractivity contribution >= 4 is 32.7 Å². The molecule has 0 fully saturated rings. The highest BCUT2D eigenvalue weighted by Crippen LogP contribution is 2.24. The van der Waals surface area contributed by atoms with E-state index < -0.39 is 10.0 Å². The molecule has 6 heteroatoms. The minimum atomic E-state index is -3.49. The monoisotopic (exact) mass is 324 g/mol. The SMILES string of the molecule is Cc1ccc(S(=O)(=O)Nc2ccc(NC(C)(C)C)cc2)s1. The number of aryl methyl sites for hydroxylation is 1. The summed E-state index contributed by atoms with van der Waals surface area (Å²) in [5, 5.41) is 3.33. The molecule has 0 saturated heterocycles. The molecule has 1 aromatic heterocycles. The van der Waals surface area contributed by atoms with Gasteiger partial charge >= 0.3 is 0 Å². The van der Waals surface area contributed by atoms with E-state index in [1.165, 1.54) is 11.3 Å². The number of nitrogens with one attached hydrogen (secondary N) is 2. The number of thiophene rings is 1. The predicted octanol–water partition coefficient (Wildman–Crippen LogP) is 4.07. The Morgan fingerprint density at radius 2 is 1.52 bits per heavy atom. The largest absolute Gasteiger partial charge is 0.380 e. The van der Waals surface area contributed by atoms with Crippen LogP contribution >= 0.6 is 11.3 Å². The Labute approximate surface area is 130 Å². The summed E-state index contributed by atoms with van der Waals surface area (Å²) >= 11 is 1.26. The third-order valence-electron chi connectivity index (χ3n) is 2.64. The van der Waals surface area contributed by atoms with Gasteiger partial charge in [0, 0.05) is 21.8 Å². The predicted molar refractivity (Wildman–Crippen MR) is 89.7 cm³/mol. The molecule has 21 heavy (non-hydrogen) atoms. The lowest BCUT2D eigenvalue weighted by molar-refractivity contribution is 0.603. The Balaban J connectivity index is 2.13. The van der Waals surface area contributed by atoms with Gasteiger partial charge in [-0.25, -0.2) is 8.42 Å². The quantitative estimate of drug-likeness (QED) is 0.891. The van der Waals surface area contributed by atoms with Gasteiger partial charge < -0.3 is 5.32 Å². The topological polar surface area (TPSA) is 58.2 Å². The lowest BCUT2D eigenvalue weighted by Crippen LogP contribution is -2.25. The fourth-order valence-corrected chi connectivity index (χ4v) is 4.16. The Morgan fingerprint density at radius 3 is 2.00 bits per heavy atom. The number of hydrogen-bond donors (Lipinski definition) is 2.